The Hall–Kier alpha value is -0.0900. The number of nitrogens with one attached hydrogen (secondary N) is 1. The topological polar surface area (TPSA) is 12.0 Å². The molecule has 0 saturated carbocycles. The summed E-state index contributed by atoms with van der Waals surface area (Å²) in [4.78, 5) is 0. The SMILES string of the molecule is CCCCCNc1c(Br)cc(F)cc1Br. The molecule has 84 valence electrons. The van der Waals surface area contributed by atoms with Crippen molar-refractivity contribution in [1.29, 1.82) is 0 Å². The van der Waals surface area contributed by atoms with E-state index in [-0.39, 0.29) is 5.82 Å². The van der Waals surface area contributed by atoms with Crippen molar-refractivity contribution in [2.45, 2.75) is 26.2 Å². The van der Waals surface area contributed by atoms with Gasteiger partial charge in [-0.15, -0.1) is 0 Å². The van der Waals surface area contributed by atoms with Gasteiger partial charge in [0.05, 0.1) is 5.69 Å². The molecule has 0 spiro atoms. The lowest BCUT2D eigenvalue weighted by Crippen LogP contribution is -2.03. The molecule has 4 heteroatoms. The third-order valence-corrected chi connectivity index (χ3v) is 3.34. The van der Waals surface area contributed by atoms with E-state index in [1.54, 1.807) is 0 Å². The van der Waals surface area contributed by atoms with Crippen molar-refractivity contribution in [3.63, 3.8) is 0 Å². The summed E-state index contributed by atoms with van der Waals surface area (Å²) in [5.74, 6) is -0.243. The molecule has 0 amide bonds. The smallest absolute Gasteiger partial charge is 0.125 e. The molecule has 1 nitrogen and oxygen atoms in total. The number of unbranched alkanes of at least 4 members (excludes halogenated alkanes) is 2. The summed E-state index contributed by atoms with van der Waals surface area (Å²) in [5, 5.41) is 3.28. The summed E-state index contributed by atoms with van der Waals surface area (Å²) in [6.45, 7) is 3.08. The lowest BCUT2D eigenvalue weighted by Gasteiger charge is -2.10. The standard InChI is InChI=1S/C11H14Br2FN/c1-2-3-4-5-15-11-9(12)6-8(14)7-10(11)13/h6-7,15H,2-5H2,1H3. The van der Waals surface area contributed by atoms with E-state index in [1.165, 1.54) is 25.0 Å². The molecule has 0 bridgehead atoms. The van der Waals surface area contributed by atoms with Crippen LogP contribution in [0.3, 0.4) is 0 Å². The van der Waals surface area contributed by atoms with Gasteiger partial charge in [0, 0.05) is 15.5 Å². The van der Waals surface area contributed by atoms with Gasteiger partial charge in [0.15, 0.2) is 0 Å². The molecular weight excluding hydrogens is 325 g/mol. The molecule has 0 fully saturated rings. The van der Waals surface area contributed by atoms with Gasteiger partial charge in [0.1, 0.15) is 5.82 Å². The summed E-state index contributed by atoms with van der Waals surface area (Å²) in [6.07, 6.45) is 3.55. The quantitative estimate of drug-likeness (QED) is 0.749. The minimum Gasteiger partial charge on any atom is -0.383 e. The van der Waals surface area contributed by atoms with Crippen LogP contribution in [0.2, 0.25) is 0 Å². The van der Waals surface area contributed by atoms with Gasteiger partial charge in [-0.1, -0.05) is 19.8 Å². The Balaban J connectivity index is 2.60. The second-order valence-electron chi connectivity index (χ2n) is 3.38. The van der Waals surface area contributed by atoms with Crippen LogP contribution in [-0.2, 0) is 0 Å². The Morgan fingerprint density at radius 2 is 1.80 bits per heavy atom. The van der Waals surface area contributed by atoms with Gasteiger partial charge in [0.2, 0.25) is 0 Å². The second-order valence-corrected chi connectivity index (χ2v) is 5.09. The first-order valence-corrected chi connectivity index (χ1v) is 6.62. The van der Waals surface area contributed by atoms with Gasteiger partial charge in [-0.2, -0.15) is 0 Å². The molecular formula is C11H14Br2FN. The van der Waals surface area contributed by atoms with Crippen molar-refractivity contribution in [1.82, 2.24) is 0 Å². The van der Waals surface area contributed by atoms with Gasteiger partial charge in [0.25, 0.3) is 0 Å². The number of rotatable bonds is 5. The molecule has 0 aliphatic heterocycles. The summed E-state index contributed by atoms with van der Waals surface area (Å²) in [5.41, 5.74) is 0.924. The highest BCUT2D eigenvalue weighted by atomic mass is 79.9. The summed E-state index contributed by atoms with van der Waals surface area (Å²) < 4.78 is 14.5. The average Bonchev–Trinajstić information content (AvgIpc) is 2.15. The number of halogens is 3. The Morgan fingerprint density at radius 1 is 1.20 bits per heavy atom. The maximum Gasteiger partial charge on any atom is 0.125 e. The van der Waals surface area contributed by atoms with Crippen LogP contribution < -0.4 is 5.32 Å². The normalized spacial score (nSPS) is 10.4. The number of hydrogen-bond donors (Lipinski definition) is 1. The lowest BCUT2D eigenvalue weighted by molar-refractivity contribution is 0.626. The summed E-state index contributed by atoms with van der Waals surface area (Å²) >= 11 is 6.67. The van der Waals surface area contributed by atoms with E-state index >= 15 is 0 Å². The molecule has 1 aromatic carbocycles. The van der Waals surface area contributed by atoms with E-state index in [4.69, 9.17) is 0 Å². The molecule has 0 atom stereocenters. The van der Waals surface area contributed by atoms with E-state index in [2.05, 4.69) is 44.1 Å². The Bertz CT molecular complexity index is 305. The molecule has 15 heavy (non-hydrogen) atoms. The van der Waals surface area contributed by atoms with Crippen molar-refractivity contribution in [2.75, 3.05) is 11.9 Å². The largest absolute Gasteiger partial charge is 0.383 e. The molecule has 0 unspecified atom stereocenters. The second kappa shape index (κ2) is 6.48. The van der Waals surface area contributed by atoms with Crippen LogP contribution in [0.4, 0.5) is 10.1 Å². The molecule has 0 aliphatic rings. The summed E-state index contributed by atoms with van der Waals surface area (Å²) in [7, 11) is 0. The fourth-order valence-electron chi connectivity index (χ4n) is 1.30. The predicted molar refractivity (Wildman–Crippen MR) is 69.8 cm³/mol. The first kappa shape index (κ1) is 13.0. The van der Waals surface area contributed by atoms with E-state index in [1.807, 2.05) is 0 Å². The zero-order valence-electron chi connectivity index (χ0n) is 8.62. The minimum atomic E-state index is -0.243. The molecule has 1 N–H and O–H groups in total. The average molecular weight is 339 g/mol. The van der Waals surface area contributed by atoms with Gasteiger partial charge in [-0.05, 0) is 50.4 Å². The molecule has 1 aromatic rings. The molecule has 0 heterocycles. The lowest BCUT2D eigenvalue weighted by atomic mass is 10.2. The fraction of sp³-hybridized carbons (Fsp3) is 0.455. The molecule has 1 rings (SSSR count). The monoisotopic (exact) mass is 337 g/mol. The van der Waals surface area contributed by atoms with E-state index in [9.17, 15) is 4.39 Å². The van der Waals surface area contributed by atoms with Crippen molar-refractivity contribution in [3.05, 3.63) is 26.9 Å². The zero-order chi connectivity index (χ0) is 11.3. The van der Waals surface area contributed by atoms with Crippen molar-refractivity contribution in [3.8, 4) is 0 Å². The number of hydrogen-bond acceptors (Lipinski definition) is 1. The summed E-state index contributed by atoms with van der Waals surface area (Å²) in [6, 6.07) is 2.93. The van der Waals surface area contributed by atoms with Crippen LogP contribution in [0.15, 0.2) is 21.1 Å². The zero-order valence-corrected chi connectivity index (χ0v) is 11.8. The highest BCUT2D eigenvalue weighted by Gasteiger charge is 2.06. The minimum absolute atomic E-state index is 0.243. The van der Waals surface area contributed by atoms with Gasteiger partial charge < -0.3 is 5.32 Å². The van der Waals surface area contributed by atoms with E-state index in [0.29, 0.717) is 0 Å². The van der Waals surface area contributed by atoms with Crippen molar-refractivity contribution in [2.24, 2.45) is 0 Å². The Kier molecular flexibility index (Phi) is 5.61. The number of anilines is 1. The van der Waals surface area contributed by atoms with Crippen LogP contribution in [-0.4, -0.2) is 6.54 Å². The maximum absolute atomic E-state index is 13.0. The highest BCUT2D eigenvalue weighted by molar-refractivity contribution is 9.11. The van der Waals surface area contributed by atoms with Crippen LogP contribution in [0, 0.1) is 5.82 Å². The predicted octanol–water partition coefficient (Wildman–Crippen LogP) is 4.95. The van der Waals surface area contributed by atoms with Gasteiger partial charge >= 0.3 is 0 Å². The highest BCUT2D eigenvalue weighted by Crippen LogP contribution is 2.31. The first-order chi connectivity index (χ1) is 7.15. The molecule has 0 aliphatic carbocycles. The van der Waals surface area contributed by atoms with Gasteiger partial charge in [-0.25, -0.2) is 4.39 Å². The van der Waals surface area contributed by atoms with Crippen molar-refractivity contribution >= 4 is 37.5 Å². The molecule has 0 radical (unpaired) electrons. The Morgan fingerprint density at radius 3 is 2.33 bits per heavy atom. The third kappa shape index (κ3) is 4.11. The van der Waals surface area contributed by atoms with Crippen LogP contribution >= 0.6 is 31.9 Å². The van der Waals surface area contributed by atoms with Crippen LogP contribution in [0.5, 0.6) is 0 Å². The fourth-order valence-corrected chi connectivity index (χ4v) is 2.71. The van der Waals surface area contributed by atoms with Gasteiger partial charge in [-0.3, -0.25) is 0 Å². The number of benzene rings is 1. The van der Waals surface area contributed by atoms with E-state index in [0.717, 1.165) is 27.6 Å². The first-order valence-electron chi connectivity index (χ1n) is 5.03. The molecule has 0 saturated heterocycles. The molecule has 0 aromatic heterocycles. The van der Waals surface area contributed by atoms with E-state index < -0.39 is 0 Å². The maximum atomic E-state index is 13.0. The van der Waals surface area contributed by atoms with Crippen LogP contribution in [0.25, 0.3) is 0 Å². The Labute approximate surface area is 107 Å². The van der Waals surface area contributed by atoms with Crippen LogP contribution in [0.1, 0.15) is 26.2 Å². The third-order valence-electron chi connectivity index (χ3n) is 2.09. The van der Waals surface area contributed by atoms with Crippen molar-refractivity contribution < 1.29 is 4.39 Å².